The van der Waals surface area contributed by atoms with Crippen molar-refractivity contribution in [2.75, 3.05) is 0 Å². The third-order valence-corrected chi connectivity index (χ3v) is 37.4. The van der Waals surface area contributed by atoms with Gasteiger partial charge in [0, 0.05) is 84.6 Å². The Hall–Kier alpha value is 1.47. The normalized spacial score (nSPS) is 33.3. The molecule has 17 aliphatic rings. The van der Waals surface area contributed by atoms with E-state index in [9.17, 15) is 13.2 Å². The van der Waals surface area contributed by atoms with Crippen molar-refractivity contribution in [2.45, 2.75) is 239 Å². The van der Waals surface area contributed by atoms with Crippen molar-refractivity contribution in [1.29, 1.82) is 0 Å². The van der Waals surface area contributed by atoms with Crippen molar-refractivity contribution in [3.63, 3.8) is 0 Å². The fourth-order valence-corrected chi connectivity index (χ4v) is 36.1. The SMILES string of the molecule is CC(C)O.CC1(C)OB(c2ccccc2P(=O)(C23CC4CC(CC(C4)C2)C3)C23CC4CC(CC(C4)C2)C3)OC1(C)C.O=P(c1[c-]cccc1)(C12CC3CC(CC(C3)C1)C2)C12CC3CC(CC(C3)C1)C2.O=S(=O)(O)C(F)(F)F.O=[P+]([O-])O[O-].[Ir].[Ir].[K+].[K][K].[c-]1ccccc1-c1ccccn1.[c-]1ccccc1-c1ccccn1. The number of benzene rings is 4. The molecule has 16 saturated carbocycles. The Kier molecular flexibility index (Phi) is 35.1. The monoisotopic (exact) mass is 2030 g/mol. The molecule has 2 aromatic heterocycles. The molecule has 23 rings (SSSR count). The Morgan fingerprint density at radius 1 is 0.523 bits per heavy atom. The second-order valence-electron chi connectivity index (χ2n) is 35.5. The van der Waals surface area contributed by atoms with Gasteiger partial charge in [-0.1, -0.05) is 48.5 Å². The van der Waals surface area contributed by atoms with Gasteiger partial charge in [0.2, 0.25) is 0 Å². The molecule has 1 aliphatic heterocycles. The molecule has 0 spiro atoms. The molecule has 14 nitrogen and oxygen atoms in total. The Bertz CT molecular complexity index is 3830. The van der Waals surface area contributed by atoms with E-state index < -0.39 is 56.5 Å². The molecule has 6 aromatic rings. The zero-order chi connectivity index (χ0) is 77.3. The van der Waals surface area contributed by atoms with E-state index in [0.717, 1.165) is 99.0 Å². The maximum Gasteiger partial charge on any atom is 0.0160 e. The molecule has 27 heteroatoms. The molecule has 16 aliphatic carbocycles. The molecule has 1 unspecified atom stereocenters. The number of rotatable bonds is 10. The molecule has 3 heterocycles. The minimum atomic E-state index is -5.84. The van der Waals surface area contributed by atoms with Crippen molar-refractivity contribution < 1.29 is 161 Å². The summed E-state index contributed by atoms with van der Waals surface area (Å²) in [5, 5.41) is 19.2. The average Bonchev–Trinajstić information content (AvgIpc) is 0.912. The standard InChI is InChI=1S/C32H46BO3P.C26H34OP.2C11H8N.C3H8O.CHF3O3S.2Ir.3K.HO4P/c1-29(2)30(3,4)36-33(35-29)27-7-5-6-8-28(27)37(34,31-15-21-9-22(16-31)11-23(10-21)17-31)32-18-24-12-25(19-32)14-26(13-24)20-32;27-28(24-4-2-1-3-5-24,25-12-18-6-19(13-25)8-20(7-18)14-25)26-15-21-9-22(16-26)11-23(10-21)17-26;2*1-2-6-10(7-3-1)11-8-4-5-9-12-11;1-3(2)4;2-1(3,4)8(5,6)7;;;;;;1-4-5(2)3/h5-8,21-26H,9-20H2,1-4H3;1-4,18-23H,6-17H2;2*1-6,8-9H;3-4H,1-2H3;(H,5,6,7);;;;;;1H/q;3*-1;;;;;;;+1;/p-1. The van der Waals surface area contributed by atoms with Gasteiger partial charge in [-0.05, 0) is 300 Å². The van der Waals surface area contributed by atoms with Gasteiger partial charge in [-0.15, -0.1) is 77.1 Å². The molecule has 2 N–H and O–H groups in total. The summed E-state index contributed by atoms with van der Waals surface area (Å²) in [5.74, 6) is 10.1. The van der Waals surface area contributed by atoms with Gasteiger partial charge in [0.1, 0.15) is 14.3 Å². The van der Waals surface area contributed by atoms with Crippen LogP contribution < -0.4 is 77.6 Å². The number of hydrogen-bond acceptors (Lipinski definition) is 13. The quantitative estimate of drug-likeness (QED) is 0.0248. The maximum atomic E-state index is 16.9. The molecule has 592 valence electrons. The summed E-state index contributed by atoms with van der Waals surface area (Å²) in [7, 11) is -14.8. The minimum Gasteiger partial charge on any atom is -0.305 e. The molecule has 1 atom stereocenters. The van der Waals surface area contributed by atoms with E-state index in [4.69, 9.17) is 42.1 Å². The molecule has 0 amide bonds. The summed E-state index contributed by atoms with van der Waals surface area (Å²) in [5.41, 5.74) is -1.21. The predicted octanol–water partition coefficient (Wildman–Crippen LogP) is 13.7. The van der Waals surface area contributed by atoms with E-state index in [1.54, 1.807) is 26.2 Å². The van der Waals surface area contributed by atoms with Gasteiger partial charge >= 0.3 is 146 Å². The van der Waals surface area contributed by atoms with Crippen molar-refractivity contribution in [3.8, 4) is 22.5 Å². The summed E-state index contributed by atoms with van der Waals surface area (Å²) in [6.07, 6.45) is 35.5. The fourth-order valence-electron chi connectivity index (χ4n) is 24.5. The van der Waals surface area contributed by atoms with E-state index in [1.807, 2.05) is 84.9 Å². The van der Waals surface area contributed by atoms with Crippen LogP contribution in [0.5, 0.6) is 0 Å². The van der Waals surface area contributed by atoms with Crippen LogP contribution in [0.15, 0.2) is 146 Å². The zero-order valence-corrected chi connectivity index (χ0v) is 83.5. The summed E-state index contributed by atoms with van der Waals surface area (Å²) in [6, 6.07) is 54.6. The zero-order valence-electron chi connectivity index (χ0n) is 65.8. The van der Waals surface area contributed by atoms with Crippen molar-refractivity contribution in [3.05, 3.63) is 164 Å². The summed E-state index contributed by atoms with van der Waals surface area (Å²) in [4.78, 5) is 17.3. The number of nitrogens with zero attached hydrogens (tertiary/aromatic N) is 2. The summed E-state index contributed by atoms with van der Waals surface area (Å²) >= 11 is 2.50. The molecule has 16 bridgehead atoms. The van der Waals surface area contributed by atoms with Crippen LogP contribution in [0.4, 0.5) is 13.2 Å². The van der Waals surface area contributed by atoms with Crippen LogP contribution in [0, 0.1) is 89.2 Å². The average molecular weight is 2030 g/mol. The molecular weight excluding hydrogens is 1920 g/mol. The van der Waals surface area contributed by atoms with Gasteiger partial charge in [0.05, 0.1) is 11.2 Å². The largest absolute Gasteiger partial charge is 0.305 e. The predicted molar refractivity (Wildman–Crippen MR) is 418 cm³/mol. The van der Waals surface area contributed by atoms with Crippen LogP contribution in [-0.4, -0.2) is 142 Å². The Morgan fingerprint density at radius 2 is 0.784 bits per heavy atom. The minimum absolute atomic E-state index is 0. The number of aliphatic hydroxyl groups excluding tert-OH is 1. The Balaban J connectivity index is 0.000000168. The van der Waals surface area contributed by atoms with Crippen LogP contribution in [0.2, 0.25) is 0 Å². The smallest absolute Gasteiger partial charge is 0.0160 e. The molecule has 2 radical (unpaired) electrons. The number of halogens is 3. The maximum absolute atomic E-state index is 16.9. The first-order chi connectivity index (χ1) is 51.3. The van der Waals surface area contributed by atoms with Gasteiger partial charge in [0.15, 0.2) is 0 Å². The number of aromatic nitrogens is 2. The van der Waals surface area contributed by atoms with Crippen LogP contribution in [0.1, 0.15) is 196 Å². The Labute approximate surface area is 774 Å². The van der Waals surface area contributed by atoms with Crippen molar-refractivity contribution in [2.24, 2.45) is 71.0 Å². The van der Waals surface area contributed by atoms with Crippen LogP contribution in [0.25, 0.3) is 22.5 Å². The number of aliphatic hydroxyl groups is 1. The van der Waals surface area contributed by atoms with Gasteiger partial charge in [0.25, 0.3) is 0 Å². The second kappa shape index (κ2) is 40.4. The van der Waals surface area contributed by atoms with Crippen LogP contribution in [-0.2, 0) is 78.0 Å². The molecule has 1 saturated heterocycles. The third-order valence-electron chi connectivity index (χ3n) is 27.2. The van der Waals surface area contributed by atoms with Crippen LogP contribution in [0.3, 0.4) is 0 Å². The second-order valence-corrected chi connectivity index (χ2v) is 44.7. The summed E-state index contributed by atoms with van der Waals surface area (Å²) in [6.45, 7) is 12.0. The summed E-state index contributed by atoms with van der Waals surface area (Å²) < 4.78 is 115. The molecule has 4 aromatic carbocycles. The number of alkyl halides is 3. The van der Waals surface area contributed by atoms with Gasteiger partial charge < -0.3 is 43.7 Å². The topological polar surface area (TPSA) is 225 Å². The molecule has 111 heavy (non-hydrogen) atoms. The van der Waals surface area contributed by atoms with Crippen molar-refractivity contribution in [1.82, 2.24) is 9.97 Å². The molecular formula is C84H105BF3Ir2K3N2O12P3S-3. The molecule has 17 fully saturated rings. The van der Waals surface area contributed by atoms with E-state index in [1.165, 1.54) is 228 Å². The van der Waals surface area contributed by atoms with E-state index in [2.05, 4.69) is 109 Å². The van der Waals surface area contributed by atoms with Crippen molar-refractivity contribution >= 4 is 119 Å². The first kappa shape index (κ1) is 96.3. The first-order valence-electron chi connectivity index (χ1n) is 39.8. The van der Waals surface area contributed by atoms with Gasteiger partial charge in [-0.25, -0.2) is 4.67 Å². The fraction of sp³-hybridized carbons (Fsp3) is 0.595. The number of hydrogen-bond donors (Lipinski definition) is 2. The van der Waals surface area contributed by atoms with E-state index >= 15 is 9.13 Å². The first-order valence-corrected chi connectivity index (χ1v) is 61.8. The van der Waals surface area contributed by atoms with Crippen LogP contribution >= 0.6 is 22.5 Å². The van der Waals surface area contributed by atoms with E-state index in [0.29, 0.717) is 0 Å². The third kappa shape index (κ3) is 21.3. The van der Waals surface area contributed by atoms with Gasteiger partial charge in [-0.3, -0.25) is 4.55 Å². The Morgan fingerprint density at radius 3 is 1.03 bits per heavy atom. The number of pyridine rings is 2. The van der Waals surface area contributed by atoms with E-state index in [-0.39, 0.29) is 118 Å². The van der Waals surface area contributed by atoms with Gasteiger partial charge in [-0.2, -0.15) is 51.9 Å².